The number of hydrogen-bond donors (Lipinski definition) is 2. The van der Waals surface area contributed by atoms with Crippen LogP contribution in [0.4, 0.5) is 4.39 Å². The number of nitriles is 1. The van der Waals surface area contributed by atoms with Crippen molar-refractivity contribution >= 4 is 15.9 Å². The summed E-state index contributed by atoms with van der Waals surface area (Å²) in [6.45, 7) is 0.931. The van der Waals surface area contributed by atoms with Crippen molar-refractivity contribution in [2.75, 3.05) is 19.7 Å². The van der Waals surface area contributed by atoms with Gasteiger partial charge in [-0.2, -0.15) is 5.26 Å². The van der Waals surface area contributed by atoms with Crippen molar-refractivity contribution in [2.45, 2.75) is 24.2 Å². The second-order valence-corrected chi connectivity index (χ2v) is 7.86. The molecule has 9 heteroatoms. The summed E-state index contributed by atoms with van der Waals surface area (Å²) < 4.78 is 44.6. The second kappa shape index (κ2) is 11.1. The predicted octanol–water partition coefficient (Wildman–Crippen LogP) is 2.61. The fourth-order valence-electron chi connectivity index (χ4n) is 2.36. The molecule has 2 aromatic rings. The lowest BCUT2D eigenvalue weighted by atomic mass is 10.2. The number of hydrogen-bond acceptors (Lipinski definition) is 5. The van der Waals surface area contributed by atoms with Gasteiger partial charge in [-0.1, -0.05) is 0 Å². The van der Waals surface area contributed by atoms with Crippen molar-refractivity contribution in [3.8, 4) is 11.8 Å². The van der Waals surface area contributed by atoms with E-state index in [-0.39, 0.29) is 29.6 Å². The molecular formula is C20H22FN3O4S. The van der Waals surface area contributed by atoms with Gasteiger partial charge in [0.1, 0.15) is 11.6 Å². The van der Waals surface area contributed by atoms with Crippen LogP contribution in [0.15, 0.2) is 53.4 Å². The van der Waals surface area contributed by atoms with Gasteiger partial charge in [0.05, 0.1) is 17.6 Å². The molecule has 0 aliphatic rings. The van der Waals surface area contributed by atoms with E-state index in [4.69, 9.17) is 10.00 Å². The zero-order valence-corrected chi connectivity index (χ0v) is 16.5. The summed E-state index contributed by atoms with van der Waals surface area (Å²) in [5.74, 6) is -0.0283. The van der Waals surface area contributed by atoms with Gasteiger partial charge < -0.3 is 10.1 Å². The molecule has 0 saturated carbocycles. The van der Waals surface area contributed by atoms with E-state index in [9.17, 15) is 17.6 Å². The molecule has 7 nitrogen and oxygen atoms in total. The van der Waals surface area contributed by atoms with Gasteiger partial charge in [-0.05, 0) is 61.4 Å². The first-order valence-corrected chi connectivity index (χ1v) is 10.5. The van der Waals surface area contributed by atoms with Crippen LogP contribution in [-0.2, 0) is 10.0 Å². The van der Waals surface area contributed by atoms with Gasteiger partial charge in [0.25, 0.3) is 5.91 Å². The Morgan fingerprint density at radius 1 is 1.03 bits per heavy atom. The molecule has 0 heterocycles. The monoisotopic (exact) mass is 419 g/mol. The third kappa shape index (κ3) is 7.52. The fraction of sp³-hybridized carbons (Fsp3) is 0.300. The van der Waals surface area contributed by atoms with Crippen LogP contribution in [0, 0.1) is 17.1 Å². The molecule has 0 fully saturated rings. The molecule has 1 amide bonds. The Kier molecular flexibility index (Phi) is 8.58. The van der Waals surface area contributed by atoms with E-state index in [1.54, 1.807) is 12.1 Å². The number of carbonyl (C=O) groups excluding carboxylic acids is 1. The molecule has 2 rings (SSSR count). The highest BCUT2D eigenvalue weighted by atomic mass is 32.2. The molecule has 0 unspecified atom stereocenters. The predicted molar refractivity (Wildman–Crippen MR) is 105 cm³/mol. The second-order valence-electron chi connectivity index (χ2n) is 6.10. The number of benzene rings is 2. The number of sulfonamides is 1. The Bertz CT molecular complexity index is 939. The number of nitrogens with zero attached hydrogens (tertiary/aromatic N) is 1. The SMILES string of the molecule is N#CCCNS(=O)(=O)c1ccc(C(=O)NCCCCOc2ccc(F)cc2)cc1. The van der Waals surface area contributed by atoms with Crippen molar-refractivity contribution in [1.29, 1.82) is 5.26 Å². The molecular weight excluding hydrogens is 397 g/mol. The Balaban J connectivity index is 1.71. The van der Waals surface area contributed by atoms with E-state index < -0.39 is 10.0 Å². The average molecular weight is 419 g/mol. The zero-order chi connectivity index (χ0) is 21.1. The number of amides is 1. The van der Waals surface area contributed by atoms with Gasteiger partial charge in [-0.15, -0.1) is 0 Å². The van der Waals surface area contributed by atoms with Crippen LogP contribution < -0.4 is 14.8 Å². The van der Waals surface area contributed by atoms with Crippen LogP contribution >= 0.6 is 0 Å². The van der Waals surface area contributed by atoms with E-state index >= 15 is 0 Å². The lowest BCUT2D eigenvalue weighted by molar-refractivity contribution is 0.0952. The van der Waals surface area contributed by atoms with Crippen molar-refractivity contribution in [2.24, 2.45) is 0 Å². The number of carbonyl (C=O) groups is 1. The minimum absolute atomic E-state index is 0.0323. The van der Waals surface area contributed by atoms with E-state index in [2.05, 4.69) is 10.0 Å². The van der Waals surface area contributed by atoms with Crippen LogP contribution in [0.2, 0.25) is 0 Å². The third-order valence-corrected chi connectivity index (χ3v) is 5.37. The lowest BCUT2D eigenvalue weighted by Gasteiger charge is -2.08. The summed E-state index contributed by atoms with van der Waals surface area (Å²) in [4.78, 5) is 12.2. The Labute approximate surface area is 169 Å². The summed E-state index contributed by atoms with van der Waals surface area (Å²) in [6, 6.07) is 13.2. The lowest BCUT2D eigenvalue weighted by Crippen LogP contribution is -2.26. The van der Waals surface area contributed by atoms with E-state index in [1.807, 2.05) is 6.07 Å². The minimum atomic E-state index is -3.70. The fourth-order valence-corrected chi connectivity index (χ4v) is 3.39. The number of nitrogens with one attached hydrogen (secondary N) is 2. The molecule has 0 saturated heterocycles. The molecule has 0 radical (unpaired) electrons. The van der Waals surface area contributed by atoms with Gasteiger partial charge in [-0.3, -0.25) is 4.79 Å². The Morgan fingerprint density at radius 3 is 2.38 bits per heavy atom. The molecule has 29 heavy (non-hydrogen) atoms. The van der Waals surface area contributed by atoms with E-state index in [0.29, 0.717) is 37.3 Å². The van der Waals surface area contributed by atoms with E-state index in [0.717, 1.165) is 0 Å². The van der Waals surface area contributed by atoms with Crippen LogP contribution in [0.5, 0.6) is 5.75 Å². The number of unbranched alkanes of at least 4 members (excludes halogenated alkanes) is 1. The quantitative estimate of drug-likeness (QED) is 0.544. The maximum Gasteiger partial charge on any atom is 0.251 e. The van der Waals surface area contributed by atoms with Gasteiger partial charge in [0.15, 0.2) is 0 Å². The summed E-state index contributed by atoms with van der Waals surface area (Å²) in [6.07, 6.45) is 1.49. The maximum atomic E-state index is 12.8. The van der Waals surface area contributed by atoms with Crippen LogP contribution in [0.25, 0.3) is 0 Å². The summed E-state index contributed by atoms with van der Waals surface area (Å²) in [5.41, 5.74) is 0.350. The molecule has 0 atom stereocenters. The number of rotatable bonds is 11. The topological polar surface area (TPSA) is 108 Å². The molecule has 0 aliphatic carbocycles. The highest BCUT2D eigenvalue weighted by Gasteiger charge is 2.14. The number of ether oxygens (including phenoxy) is 1. The van der Waals surface area contributed by atoms with Crippen LogP contribution in [0.1, 0.15) is 29.6 Å². The van der Waals surface area contributed by atoms with E-state index in [1.165, 1.54) is 36.4 Å². The Morgan fingerprint density at radius 2 is 1.72 bits per heavy atom. The molecule has 0 aliphatic heterocycles. The highest BCUT2D eigenvalue weighted by Crippen LogP contribution is 2.12. The first kappa shape index (κ1) is 22.3. The first-order valence-electron chi connectivity index (χ1n) is 9.05. The average Bonchev–Trinajstić information content (AvgIpc) is 2.72. The summed E-state index contributed by atoms with van der Waals surface area (Å²) >= 11 is 0. The normalized spacial score (nSPS) is 10.9. The maximum absolute atomic E-state index is 12.8. The van der Waals surface area contributed by atoms with Crippen LogP contribution in [0.3, 0.4) is 0 Å². The van der Waals surface area contributed by atoms with Crippen LogP contribution in [-0.4, -0.2) is 34.0 Å². The van der Waals surface area contributed by atoms with Gasteiger partial charge in [0.2, 0.25) is 10.0 Å². The van der Waals surface area contributed by atoms with Crippen molar-refractivity contribution in [1.82, 2.24) is 10.0 Å². The third-order valence-electron chi connectivity index (χ3n) is 3.89. The summed E-state index contributed by atoms with van der Waals surface area (Å²) in [5, 5.41) is 11.2. The summed E-state index contributed by atoms with van der Waals surface area (Å²) in [7, 11) is -3.70. The molecule has 0 aromatic heterocycles. The highest BCUT2D eigenvalue weighted by molar-refractivity contribution is 7.89. The first-order chi connectivity index (χ1) is 13.9. The van der Waals surface area contributed by atoms with Gasteiger partial charge in [0, 0.05) is 25.1 Å². The van der Waals surface area contributed by atoms with Crippen molar-refractivity contribution < 1.29 is 22.3 Å². The molecule has 2 N–H and O–H groups in total. The molecule has 0 bridgehead atoms. The van der Waals surface area contributed by atoms with Crippen molar-refractivity contribution in [3.63, 3.8) is 0 Å². The zero-order valence-electron chi connectivity index (χ0n) is 15.7. The smallest absolute Gasteiger partial charge is 0.251 e. The Hall–Kier alpha value is -2.96. The minimum Gasteiger partial charge on any atom is -0.494 e. The number of halogens is 1. The van der Waals surface area contributed by atoms with Gasteiger partial charge >= 0.3 is 0 Å². The molecule has 2 aromatic carbocycles. The largest absolute Gasteiger partial charge is 0.494 e. The molecule has 0 spiro atoms. The van der Waals surface area contributed by atoms with Crippen molar-refractivity contribution in [3.05, 3.63) is 59.9 Å². The van der Waals surface area contributed by atoms with Gasteiger partial charge in [-0.25, -0.2) is 17.5 Å². The standard InChI is InChI=1S/C20H22FN3O4S/c21-17-6-8-18(9-7-17)28-15-2-1-13-23-20(25)16-4-10-19(11-5-16)29(26,27)24-14-3-12-22/h4-11,24H,1-3,13-15H2,(H,23,25). The molecule has 154 valence electrons.